The molecule has 0 unspecified atom stereocenters. The highest BCUT2D eigenvalue weighted by Crippen LogP contribution is 2.22. The number of carbonyl (C=O) groups excluding carboxylic acids is 2. The number of para-hydroxylation sites is 2. The lowest BCUT2D eigenvalue weighted by Gasteiger charge is -2.36. The third-order valence-electron chi connectivity index (χ3n) is 5.97. The van der Waals surface area contributed by atoms with Crippen LogP contribution in [-0.2, 0) is 11.3 Å². The monoisotopic (exact) mass is 432 g/mol. The lowest BCUT2D eigenvalue weighted by atomic mass is 10.1. The van der Waals surface area contributed by atoms with Gasteiger partial charge >= 0.3 is 0 Å². The van der Waals surface area contributed by atoms with Crippen molar-refractivity contribution in [2.45, 2.75) is 26.8 Å². The number of amides is 2. The Morgan fingerprint density at radius 1 is 0.938 bits per heavy atom. The molecule has 0 bridgehead atoms. The molecule has 6 nitrogen and oxygen atoms in total. The minimum atomic E-state index is -0.120. The first-order valence-electron chi connectivity index (χ1n) is 11.5. The average Bonchev–Trinajstić information content (AvgIpc) is 3.17. The van der Waals surface area contributed by atoms with Gasteiger partial charge in [0.05, 0.1) is 5.56 Å². The maximum atomic E-state index is 12.9. The second kappa shape index (κ2) is 9.90. The van der Waals surface area contributed by atoms with Crippen molar-refractivity contribution < 1.29 is 9.59 Å². The van der Waals surface area contributed by atoms with Gasteiger partial charge in [-0.2, -0.15) is 0 Å². The smallest absolute Gasteiger partial charge is 0.253 e. The van der Waals surface area contributed by atoms with Gasteiger partial charge in [0.25, 0.3) is 5.91 Å². The molecule has 1 N–H and O–H groups in total. The number of hydrogen-bond donors (Lipinski definition) is 1. The summed E-state index contributed by atoms with van der Waals surface area (Å²) in [7, 11) is 0. The van der Waals surface area contributed by atoms with Crippen molar-refractivity contribution in [3.05, 3.63) is 66.4 Å². The van der Waals surface area contributed by atoms with Gasteiger partial charge in [0.15, 0.2) is 0 Å². The molecule has 6 heteroatoms. The largest absolute Gasteiger partial charge is 0.368 e. The molecule has 1 fully saturated rings. The van der Waals surface area contributed by atoms with Crippen molar-refractivity contribution >= 4 is 28.4 Å². The summed E-state index contributed by atoms with van der Waals surface area (Å²) in [5, 5.41) is 3.90. The number of fused-ring (bicyclic) bond motifs is 1. The summed E-state index contributed by atoms with van der Waals surface area (Å²) >= 11 is 0. The van der Waals surface area contributed by atoms with Gasteiger partial charge in [-0.15, -0.1) is 0 Å². The van der Waals surface area contributed by atoms with Gasteiger partial charge in [0, 0.05) is 68.5 Å². The van der Waals surface area contributed by atoms with Gasteiger partial charge in [0.2, 0.25) is 5.91 Å². The molecular formula is C26H32N4O2. The highest BCUT2D eigenvalue weighted by atomic mass is 16.2. The van der Waals surface area contributed by atoms with Crippen molar-refractivity contribution in [3.8, 4) is 0 Å². The van der Waals surface area contributed by atoms with E-state index in [0.717, 1.165) is 30.5 Å². The van der Waals surface area contributed by atoms with Crippen LogP contribution in [-0.4, -0.2) is 54.0 Å². The number of benzene rings is 2. The molecule has 0 saturated carbocycles. The quantitative estimate of drug-likeness (QED) is 0.618. The van der Waals surface area contributed by atoms with E-state index in [9.17, 15) is 9.59 Å². The zero-order chi connectivity index (χ0) is 22.5. The highest BCUT2D eigenvalue weighted by Gasteiger charge is 2.21. The van der Waals surface area contributed by atoms with Crippen LogP contribution >= 0.6 is 0 Å². The number of aromatic nitrogens is 1. The minimum absolute atomic E-state index is 0.0975. The first kappa shape index (κ1) is 21.9. The molecule has 1 aromatic heterocycles. The van der Waals surface area contributed by atoms with E-state index >= 15 is 0 Å². The molecule has 1 aliphatic heterocycles. The topological polar surface area (TPSA) is 57.6 Å². The van der Waals surface area contributed by atoms with Crippen LogP contribution in [0.1, 0.15) is 30.6 Å². The minimum Gasteiger partial charge on any atom is -0.368 e. The Kier molecular flexibility index (Phi) is 6.78. The number of anilines is 1. The van der Waals surface area contributed by atoms with Gasteiger partial charge < -0.3 is 19.7 Å². The van der Waals surface area contributed by atoms with Crippen molar-refractivity contribution in [3.63, 3.8) is 0 Å². The molecule has 2 aromatic carbocycles. The summed E-state index contributed by atoms with van der Waals surface area (Å²) in [4.78, 5) is 29.7. The highest BCUT2D eigenvalue weighted by molar-refractivity contribution is 6.07. The second-order valence-corrected chi connectivity index (χ2v) is 8.82. The zero-order valence-electron chi connectivity index (χ0n) is 19.0. The standard InChI is InChI=1S/C26H32N4O2/c1-20(2)18-30-19-23(22-10-6-7-11-24(22)30)26(32)27-13-12-25(31)29-16-14-28(15-17-29)21-8-4-3-5-9-21/h3-11,19-20H,12-18H2,1-2H3,(H,27,32). The van der Waals surface area contributed by atoms with E-state index in [1.165, 1.54) is 5.69 Å². The van der Waals surface area contributed by atoms with E-state index in [2.05, 4.69) is 40.8 Å². The number of hydrogen-bond acceptors (Lipinski definition) is 3. The molecule has 2 amide bonds. The van der Waals surface area contributed by atoms with Crippen LogP contribution in [0.5, 0.6) is 0 Å². The number of nitrogens with zero attached hydrogens (tertiary/aromatic N) is 3. The summed E-state index contributed by atoms with van der Waals surface area (Å²) in [5.41, 5.74) is 2.94. The second-order valence-electron chi connectivity index (χ2n) is 8.82. The maximum Gasteiger partial charge on any atom is 0.253 e. The third-order valence-corrected chi connectivity index (χ3v) is 5.97. The molecule has 32 heavy (non-hydrogen) atoms. The van der Waals surface area contributed by atoms with E-state index in [4.69, 9.17) is 0 Å². The van der Waals surface area contributed by atoms with Crippen LogP contribution in [0.15, 0.2) is 60.8 Å². The zero-order valence-corrected chi connectivity index (χ0v) is 19.0. The molecule has 168 valence electrons. The van der Waals surface area contributed by atoms with Crippen molar-refractivity contribution in [1.82, 2.24) is 14.8 Å². The predicted octanol–water partition coefficient (Wildman–Crippen LogP) is 3.77. The Balaban J connectivity index is 1.29. The fourth-order valence-electron chi connectivity index (χ4n) is 4.36. The molecule has 0 aliphatic carbocycles. The normalized spacial score (nSPS) is 14.2. The van der Waals surface area contributed by atoms with Crippen LogP contribution in [0, 0.1) is 5.92 Å². The van der Waals surface area contributed by atoms with Gasteiger partial charge in [-0.25, -0.2) is 0 Å². The Hall–Kier alpha value is -3.28. The average molecular weight is 433 g/mol. The molecule has 2 heterocycles. The van der Waals surface area contributed by atoms with E-state index < -0.39 is 0 Å². The first-order chi connectivity index (χ1) is 15.5. The molecule has 0 atom stereocenters. The van der Waals surface area contributed by atoms with Crippen molar-refractivity contribution in [2.75, 3.05) is 37.6 Å². The van der Waals surface area contributed by atoms with Gasteiger partial charge in [0.1, 0.15) is 0 Å². The molecule has 1 aliphatic rings. The Morgan fingerprint density at radius 3 is 2.34 bits per heavy atom. The van der Waals surface area contributed by atoms with E-state index in [1.54, 1.807) is 0 Å². The van der Waals surface area contributed by atoms with E-state index in [-0.39, 0.29) is 11.8 Å². The van der Waals surface area contributed by atoms with Crippen LogP contribution in [0.25, 0.3) is 10.9 Å². The Labute approximate surface area is 189 Å². The van der Waals surface area contributed by atoms with Gasteiger partial charge in [-0.05, 0) is 24.1 Å². The summed E-state index contributed by atoms with van der Waals surface area (Å²) < 4.78 is 2.15. The van der Waals surface area contributed by atoms with Crippen molar-refractivity contribution in [2.24, 2.45) is 5.92 Å². The summed E-state index contributed by atoms with van der Waals surface area (Å²) in [6.07, 6.45) is 2.26. The third kappa shape index (κ3) is 4.96. The number of carbonyl (C=O) groups is 2. The Bertz CT molecular complexity index is 1070. The Morgan fingerprint density at radius 2 is 1.62 bits per heavy atom. The van der Waals surface area contributed by atoms with Crippen LogP contribution in [0.4, 0.5) is 5.69 Å². The fraction of sp³-hybridized carbons (Fsp3) is 0.385. The molecule has 0 spiro atoms. The lowest BCUT2D eigenvalue weighted by molar-refractivity contribution is -0.131. The number of nitrogens with one attached hydrogen (secondary N) is 1. The van der Waals surface area contributed by atoms with Crippen molar-refractivity contribution in [1.29, 1.82) is 0 Å². The van der Waals surface area contributed by atoms with Crippen LogP contribution < -0.4 is 10.2 Å². The summed E-state index contributed by atoms with van der Waals surface area (Å²) in [6, 6.07) is 18.3. The molecule has 4 rings (SSSR count). The molecule has 1 saturated heterocycles. The summed E-state index contributed by atoms with van der Waals surface area (Å²) in [6.45, 7) is 8.63. The van der Waals surface area contributed by atoms with E-state index in [0.29, 0.717) is 37.5 Å². The SMILES string of the molecule is CC(C)Cn1cc(C(=O)NCCC(=O)N2CCN(c3ccccc3)CC2)c2ccccc21. The number of rotatable bonds is 7. The van der Waals surface area contributed by atoms with Crippen LogP contribution in [0.2, 0.25) is 0 Å². The van der Waals surface area contributed by atoms with E-state index in [1.807, 2.05) is 53.6 Å². The first-order valence-corrected chi connectivity index (χ1v) is 11.5. The lowest BCUT2D eigenvalue weighted by Crippen LogP contribution is -2.49. The molecule has 0 radical (unpaired) electrons. The van der Waals surface area contributed by atoms with Gasteiger partial charge in [-0.3, -0.25) is 9.59 Å². The molecule has 3 aromatic rings. The van der Waals surface area contributed by atoms with Gasteiger partial charge in [-0.1, -0.05) is 50.2 Å². The fourth-order valence-corrected chi connectivity index (χ4v) is 4.36. The predicted molar refractivity (Wildman–Crippen MR) is 129 cm³/mol. The van der Waals surface area contributed by atoms with Crippen LogP contribution in [0.3, 0.4) is 0 Å². The number of piperazine rings is 1. The maximum absolute atomic E-state index is 12.9. The summed E-state index contributed by atoms with van der Waals surface area (Å²) in [5.74, 6) is 0.465. The molecular weight excluding hydrogens is 400 g/mol.